The number of fused-ring (bicyclic) bond motifs is 5. The van der Waals surface area contributed by atoms with E-state index in [1.165, 1.54) is 0 Å². The molecule has 4 heteroatoms. The van der Waals surface area contributed by atoms with Crippen LogP contribution in [-0.4, -0.2) is 17.1 Å². The Bertz CT molecular complexity index is 1050. The van der Waals surface area contributed by atoms with E-state index in [1.54, 1.807) is 0 Å². The molecule has 1 radical (unpaired) electrons. The van der Waals surface area contributed by atoms with Gasteiger partial charge in [0.1, 0.15) is 0 Å². The lowest BCUT2D eigenvalue weighted by molar-refractivity contribution is 0.476. The summed E-state index contributed by atoms with van der Waals surface area (Å²) in [5, 5.41) is 11.5. The molecule has 0 aliphatic carbocycles. The Morgan fingerprint density at radius 1 is 0.864 bits per heavy atom. The van der Waals surface area contributed by atoms with Gasteiger partial charge in [0.25, 0.3) is 0 Å². The quantitative estimate of drug-likeness (QED) is 0.480. The summed E-state index contributed by atoms with van der Waals surface area (Å²) >= 11 is 0. The summed E-state index contributed by atoms with van der Waals surface area (Å²) in [5.74, 6) is 1.72. The molecular weight excluding hydrogens is 273 g/mol. The molecule has 1 aliphatic rings. The highest BCUT2D eigenvalue weighted by atomic mass is 16.5. The zero-order chi connectivity index (χ0) is 14.7. The highest BCUT2D eigenvalue weighted by Crippen LogP contribution is 2.44. The van der Waals surface area contributed by atoms with Crippen LogP contribution in [0.4, 0.5) is 0 Å². The number of hydrogen-bond donors (Lipinski definition) is 1. The first kappa shape index (κ1) is 11.9. The standard InChI is InChI=1S/C18H11BNO2/c21-19-11-8-9-14-13(10-11)12-4-3-7-17-18(12)20(14)15-5-1-2-6-16(15)22-17/h1-10,21H. The van der Waals surface area contributed by atoms with E-state index in [9.17, 15) is 5.02 Å². The molecule has 5 rings (SSSR count). The molecule has 1 N–H and O–H groups in total. The second-order valence-electron chi connectivity index (χ2n) is 5.46. The lowest BCUT2D eigenvalue weighted by Crippen LogP contribution is -2.12. The van der Waals surface area contributed by atoms with E-state index in [0.29, 0.717) is 0 Å². The maximum atomic E-state index is 9.30. The van der Waals surface area contributed by atoms with Crippen molar-refractivity contribution in [2.24, 2.45) is 0 Å². The number of aromatic nitrogens is 1. The Kier molecular flexibility index (Phi) is 2.24. The Hall–Kier alpha value is -2.72. The molecule has 0 amide bonds. The lowest BCUT2D eigenvalue weighted by Gasteiger charge is -2.20. The van der Waals surface area contributed by atoms with Crippen LogP contribution in [0.5, 0.6) is 11.5 Å². The first-order chi connectivity index (χ1) is 10.9. The molecule has 0 saturated carbocycles. The van der Waals surface area contributed by atoms with Crippen LogP contribution in [-0.2, 0) is 0 Å². The third-order valence-corrected chi connectivity index (χ3v) is 4.25. The minimum Gasteiger partial charge on any atom is -0.453 e. The fourth-order valence-electron chi connectivity index (χ4n) is 3.31. The van der Waals surface area contributed by atoms with Crippen LogP contribution in [0.3, 0.4) is 0 Å². The van der Waals surface area contributed by atoms with Gasteiger partial charge >= 0.3 is 7.48 Å². The summed E-state index contributed by atoms with van der Waals surface area (Å²) in [6.45, 7) is 0. The van der Waals surface area contributed by atoms with Gasteiger partial charge in [-0.05, 0) is 24.3 Å². The van der Waals surface area contributed by atoms with Crippen molar-refractivity contribution < 1.29 is 9.76 Å². The van der Waals surface area contributed by atoms with Crippen molar-refractivity contribution in [2.75, 3.05) is 0 Å². The van der Waals surface area contributed by atoms with Crippen molar-refractivity contribution in [3.05, 3.63) is 60.7 Å². The van der Waals surface area contributed by atoms with Gasteiger partial charge in [-0.1, -0.05) is 41.9 Å². The number of ether oxygens (including phenoxy) is 1. The normalized spacial score (nSPS) is 12.2. The van der Waals surface area contributed by atoms with E-state index in [4.69, 9.17) is 4.74 Å². The summed E-state index contributed by atoms with van der Waals surface area (Å²) in [7, 11) is 1.14. The summed E-state index contributed by atoms with van der Waals surface area (Å²) in [6, 6.07) is 20.1. The van der Waals surface area contributed by atoms with Crippen molar-refractivity contribution >= 4 is 34.8 Å². The molecule has 3 aromatic carbocycles. The minimum absolute atomic E-state index is 0.797. The monoisotopic (exact) mass is 284 g/mol. The average molecular weight is 284 g/mol. The summed E-state index contributed by atoms with van der Waals surface area (Å²) in [4.78, 5) is 0. The molecule has 103 valence electrons. The van der Waals surface area contributed by atoms with E-state index in [2.05, 4.69) is 16.7 Å². The molecule has 2 heterocycles. The maximum absolute atomic E-state index is 9.30. The van der Waals surface area contributed by atoms with Gasteiger partial charge in [-0.2, -0.15) is 0 Å². The van der Waals surface area contributed by atoms with Crippen LogP contribution in [0.2, 0.25) is 0 Å². The average Bonchev–Trinajstić information content (AvgIpc) is 2.91. The van der Waals surface area contributed by atoms with Gasteiger partial charge in [-0.15, -0.1) is 0 Å². The molecule has 0 fully saturated rings. The topological polar surface area (TPSA) is 34.4 Å². The van der Waals surface area contributed by atoms with Gasteiger partial charge in [0.15, 0.2) is 11.5 Å². The molecule has 0 bridgehead atoms. The van der Waals surface area contributed by atoms with Gasteiger partial charge in [0.2, 0.25) is 0 Å². The van der Waals surface area contributed by atoms with Crippen molar-refractivity contribution in [1.82, 2.24) is 4.57 Å². The summed E-state index contributed by atoms with van der Waals surface area (Å²) in [6.07, 6.45) is 0. The predicted molar refractivity (Wildman–Crippen MR) is 88.5 cm³/mol. The van der Waals surface area contributed by atoms with E-state index in [1.807, 2.05) is 48.5 Å². The number of nitrogens with zero attached hydrogens (tertiary/aromatic N) is 1. The maximum Gasteiger partial charge on any atom is 0.326 e. The lowest BCUT2D eigenvalue weighted by atomic mass is 9.88. The Labute approximate surface area is 127 Å². The van der Waals surface area contributed by atoms with E-state index in [0.717, 1.165) is 51.9 Å². The second kappa shape index (κ2) is 4.15. The van der Waals surface area contributed by atoms with Crippen LogP contribution in [0.1, 0.15) is 0 Å². The molecule has 0 atom stereocenters. The molecule has 3 nitrogen and oxygen atoms in total. The van der Waals surface area contributed by atoms with Crippen LogP contribution in [0.15, 0.2) is 60.7 Å². The zero-order valence-corrected chi connectivity index (χ0v) is 11.7. The molecular formula is C18H11BNO2. The van der Waals surface area contributed by atoms with E-state index < -0.39 is 0 Å². The summed E-state index contributed by atoms with van der Waals surface area (Å²) < 4.78 is 8.29. The highest BCUT2D eigenvalue weighted by molar-refractivity contribution is 6.46. The molecule has 22 heavy (non-hydrogen) atoms. The van der Waals surface area contributed by atoms with Gasteiger partial charge in [0, 0.05) is 10.8 Å². The van der Waals surface area contributed by atoms with Crippen LogP contribution >= 0.6 is 0 Å². The largest absolute Gasteiger partial charge is 0.453 e. The Balaban J connectivity index is 2.04. The number of benzene rings is 3. The van der Waals surface area contributed by atoms with Gasteiger partial charge in [-0.25, -0.2) is 0 Å². The Morgan fingerprint density at radius 2 is 1.73 bits per heavy atom. The fourth-order valence-corrected chi connectivity index (χ4v) is 3.31. The molecule has 0 unspecified atom stereocenters. The van der Waals surface area contributed by atoms with Gasteiger partial charge in [-0.3, -0.25) is 0 Å². The molecule has 0 spiro atoms. The van der Waals surface area contributed by atoms with Crippen LogP contribution in [0, 0.1) is 0 Å². The van der Waals surface area contributed by atoms with E-state index >= 15 is 0 Å². The molecule has 1 aromatic heterocycles. The highest BCUT2D eigenvalue weighted by Gasteiger charge is 2.23. The molecule has 0 saturated heterocycles. The van der Waals surface area contributed by atoms with Crippen LogP contribution < -0.4 is 10.2 Å². The first-order valence-corrected chi connectivity index (χ1v) is 7.19. The SMILES string of the molecule is O[B]c1ccc2c(c1)c1cccc3c1n2-c1ccccc1O3. The Morgan fingerprint density at radius 3 is 2.64 bits per heavy atom. The number of para-hydroxylation sites is 3. The van der Waals surface area contributed by atoms with Crippen molar-refractivity contribution in [3.8, 4) is 17.2 Å². The zero-order valence-electron chi connectivity index (χ0n) is 11.7. The fraction of sp³-hybridized carbons (Fsp3) is 0. The third kappa shape index (κ3) is 1.40. The van der Waals surface area contributed by atoms with Gasteiger partial charge < -0.3 is 14.3 Å². The first-order valence-electron chi connectivity index (χ1n) is 7.19. The molecule has 1 aliphatic heterocycles. The van der Waals surface area contributed by atoms with Crippen molar-refractivity contribution in [1.29, 1.82) is 0 Å². The van der Waals surface area contributed by atoms with Crippen LogP contribution in [0.25, 0.3) is 27.5 Å². The molecule has 4 aromatic rings. The smallest absolute Gasteiger partial charge is 0.326 e. The van der Waals surface area contributed by atoms with Gasteiger partial charge in [0.05, 0.1) is 16.7 Å². The van der Waals surface area contributed by atoms with Crippen molar-refractivity contribution in [3.63, 3.8) is 0 Å². The third-order valence-electron chi connectivity index (χ3n) is 4.25. The number of rotatable bonds is 1. The van der Waals surface area contributed by atoms with E-state index in [-0.39, 0.29) is 0 Å². The number of hydrogen-bond acceptors (Lipinski definition) is 2. The predicted octanol–water partition coefficient (Wildman–Crippen LogP) is 3.13. The van der Waals surface area contributed by atoms with Crippen molar-refractivity contribution in [2.45, 2.75) is 0 Å². The second-order valence-corrected chi connectivity index (χ2v) is 5.46. The minimum atomic E-state index is 0.797. The summed E-state index contributed by atoms with van der Waals surface area (Å²) in [5.41, 5.74) is 4.03.